The molecule has 1 rings (SSSR count). The minimum absolute atomic E-state index is 0.0612. The van der Waals surface area contributed by atoms with Crippen molar-refractivity contribution in [2.75, 3.05) is 19.8 Å². The SMILES string of the molecule is CC(C)NC(=O)C1COCCN1C(=O)C(C)(C)C(=O)O. The Hall–Kier alpha value is -1.63. The second kappa shape index (κ2) is 6.21. The van der Waals surface area contributed by atoms with E-state index in [1.807, 2.05) is 13.8 Å². The van der Waals surface area contributed by atoms with Crippen molar-refractivity contribution >= 4 is 17.8 Å². The number of ether oxygens (including phenoxy) is 1. The van der Waals surface area contributed by atoms with Crippen molar-refractivity contribution in [2.24, 2.45) is 5.41 Å². The lowest BCUT2D eigenvalue weighted by Crippen LogP contribution is -2.60. The molecule has 0 aromatic rings. The molecule has 1 heterocycles. The number of aliphatic carboxylic acids is 1. The number of nitrogens with one attached hydrogen (secondary N) is 1. The van der Waals surface area contributed by atoms with E-state index >= 15 is 0 Å². The molecule has 0 saturated carbocycles. The van der Waals surface area contributed by atoms with Gasteiger partial charge in [-0.25, -0.2) is 0 Å². The molecule has 1 unspecified atom stereocenters. The van der Waals surface area contributed by atoms with E-state index in [0.29, 0.717) is 6.61 Å². The maximum absolute atomic E-state index is 12.4. The normalized spacial score (nSPS) is 19.9. The molecule has 0 aromatic carbocycles. The molecule has 1 aliphatic heterocycles. The summed E-state index contributed by atoms with van der Waals surface area (Å²) >= 11 is 0. The lowest BCUT2D eigenvalue weighted by Gasteiger charge is -2.38. The Morgan fingerprint density at radius 3 is 2.45 bits per heavy atom. The standard InChI is InChI=1S/C13H22N2O5/c1-8(2)14-10(16)9-7-20-6-5-15(9)11(17)13(3,4)12(18)19/h8-9H,5-7H2,1-4H3,(H,14,16)(H,18,19). The van der Waals surface area contributed by atoms with Crippen LogP contribution in [0.15, 0.2) is 0 Å². The highest BCUT2D eigenvalue weighted by Crippen LogP contribution is 2.22. The first-order valence-electron chi connectivity index (χ1n) is 6.60. The van der Waals surface area contributed by atoms with Crippen LogP contribution in [0.2, 0.25) is 0 Å². The number of amides is 2. The second-order valence-corrected chi connectivity index (χ2v) is 5.68. The topological polar surface area (TPSA) is 95.9 Å². The van der Waals surface area contributed by atoms with Crippen molar-refractivity contribution in [3.05, 3.63) is 0 Å². The summed E-state index contributed by atoms with van der Waals surface area (Å²) < 4.78 is 5.24. The number of morpholine rings is 1. The zero-order chi connectivity index (χ0) is 15.5. The Bertz CT molecular complexity index is 406. The highest BCUT2D eigenvalue weighted by atomic mass is 16.5. The Balaban J connectivity index is 2.92. The number of carboxylic acid groups (broad SMARTS) is 1. The number of hydrogen-bond donors (Lipinski definition) is 2. The highest BCUT2D eigenvalue weighted by molar-refractivity contribution is 6.02. The van der Waals surface area contributed by atoms with Crippen LogP contribution >= 0.6 is 0 Å². The third kappa shape index (κ3) is 3.47. The lowest BCUT2D eigenvalue weighted by molar-refractivity contribution is -0.165. The van der Waals surface area contributed by atoms with Crippen LogP contribution in [0.4, 0.5) is 0 Å². The van der Waals surface area contributed by atoms with Gasteiger partial charge in [0.05, 0.1) is 13.2 Å². The number of carbonyl (C=O) groups is 3. The predicted molar refractivity (Wildman–Crippen MR) is 71.0 cm³/mol. The summed E-state index contributed by atoms with van der Waals surface area (Å²) in [4.78, 5) is 36.9. The van der Waals surface area contributed by atoms with Gasteiger partial charge in [0.25, 0.3) is 0 Å². The largest absolute Gasteiger partial charge is 0.480 e. The number of nitrogens with zero attached hydrogens (tertiary/aromatic N) is 1. The molecule has 114 valence electrons. The fourth-order valence-electron chi connectivity index (χ4n) is 1.90. The molecule has 2 N–H and O–H groups in total. The summed E-state index contributed by atoms with van der Waals surface area (Å²) in [6, 6.07) is -0.842. The minimum Gasteiger partial charge on any atom is -0.480 e. The van der Waals surface area contributed by atoms with E-state index in [1.165, 1.54) is 18.7 Å². The smallest absolute Gasteiger partial charge is 0.318 e. The number of rotatable bonds is 4. The summed E-state index contributed by atoms with van der Waals surface area (Å²) in [5, 5.41) is 11.9. The van der Waals surface area contributed by atoms with Gasteiger partial charge in [0, 0.05) is 12.6 Å². The average Bonchev–Trinajstić information content (AvgIpc) is 2.36. The maximum Gasteiger partial charge on any atom is 0.318 e. The predicted octanol–water partition coefficient (Wildman–Crippen LogP) is -0.151. The first-order valence-corrected chi connectivity index (χ1v) is 6.60. The molecule has 0 radical (unpaired) electrons. The van der Waals surface area contributed by atoms with Gasteiger partial charge in [-0.15, -0.1) is 0 Å². The van der Waals surface area contributed by atoms with Gasteiger partial charge < -0.3 is 20.1 Å². The van der Waals surface area contributed by atoms with Crippen LogP contribution < -0.4 is 5.32 Å². The van der Waals surface area contributed by atoms with E-state index in [0.717, 1.165) is 0 Å². The molecular formula is C13H22N2O5. The fourth-order valence-corrected chi connectivity index (χ4v) is 1.90. The lowest BCUT2D eigenvalue weighted by atomic mass is 9.91. The van der Waals surface area contributed by atoms with Gasteiger partial charge in [0.15, 0.2) is 0 Å². The van der Waals surface area contributed by atoms with Crippen LogP contribution in [0.3, 0.4) is 0 Å². The molecule has 7 nitrogen and oxygen atoms in total. The summed E-state index contributed by atoms with van der Waals surface area (Å²) in [5.74, 6) is -2.11. The quantitative estimate of drug-likeness (QED) is 0.701. The zero-order valence-corrected chi connectivity index (χ0v) is 12.3. The maximum atomic E-state index is 12.4. The first kappa shape index (κ1) is 16.4. The Morgan fingerprint density at radius 1 is 1.35 bits per heavy atom. The second-order valence-electron chi connectivity index (χ2n) is 5.68. The molecule has 7 heteroatoms. The van der Waals surface area contributed by atoms with Gasteiger partial charge >= 0.3 is 5.97 Å². The van der Waals surface area contributed by atoms with Gasteiger partial charge in [-0.1, -0.05) is 0 Å². The fraction of sp³-hybridized carbons (Fsp3) is 0.769. The zero-order valence-electron chi connectivity index (χ0n) is 12.3. The van der Waals surface area contributed by atoms with Crippen LogP contribution in [0.25, 0.3) is 0 Å². The Morgan fingerprint density at radius 2 is 1.95 bits per heavy atom. The highest BCUT2D eigenvalue weighted by Gasteiger charge is 2.44. The van der Waals surface area contributed by atoms with Gasteiger partial charge in [-0.05, 0) is 27.7 Å². The van der Waals surface area contributed by atoms with E-state index in [2.05, 4.69) is 5.32 Å². The average molecular weight is 286 g/mol. The van der Waals surface area contributed by atoms with E-state index in [-0.39, 0.29) is 25.1 Å². The van der Waals surface area contributed by atoms with Crippen LogP contribution in [-0.2, 0) is 19.1 Å². The number of hydrogen-bond acceptors (Lipinski definition) is 4. The van der Waals surface area contributed by atoms with Gasteiger partial charge in [0.1, 0.15) is 11.5 Å². The minimum atomic E-state index is -1.56. The molecular weight excluding hydrogens is 264 g/mol. The van der Waals surface area contributed by atoms with Gasteiger partial charge in [-0.2, -0.15) is 0 Å². The Kier molecular flexibility index (Phi) is 5.10. The summed E-state index contributed by atoms with van der Waals surface area (Å²) in [6.07, 6.45) is 0. The van der Waals surface area contributed by atoms with Gasteiger partial charge in [-0.3, -0.25) is 14.4 Å². The van der Waals surface area contributed by atoms with Crippen molar-refractivity contribution in [3.8, 4) is 0 Å². The molecule has 1 aliphatic rings. The van der Waals surface area contributed by atoms with Gasteiger partial charge in [0.2, 0.25) is 11.8 Å². The van der Waals surface area contributed by atoms with E-state index in [9.17, 15) is 14.4 Å². The van der Waals surface area contributed by atoms with E-state index in [4.69, 9.17) is 9.84 Å². The number of carbonyl (C=O) groups excluding carboxylic acids is 2. The summed E-state index contributed by atoms with van der Waals surface area (Å²) in [5.41, 5.74) is -1.56. The van der Waals surface area contributed by atoms with Crippen molar-refractivity contribution in [3.63, 3.8) is 0 Å². The molecule has 0 bridgehead atoms. The van der Waals surface area contributed by atoms with Crippen molar-refractivity contribution in [1.29, 1.82) is 0 Å². The molecule has 1 saturated heterocycles. The van der Waals surface area contributed by atoms with E-state index < -0.39 is 23.3 Å². The number of carboxylic acids is 1. The van der Waals surface area contributed by atoms with Crippen molar-refractivity contribution in [1.82, 2.24) is 10.2 Å². The molecule has 0 spiro atoms. The third-order valence-corrected chi connectivity index (χ3v) is 3.19. The van der Waals surface area contributed by atoms with Crippen LogP contribution in [0.5, 0.6) is 0 Å². The first-order chi connectivity index (χ1) is 9.17. The molecule has 2 amide bonds. The Labute approximate surface area is 118 Å². The molecule has 0 aliphatic carbocycles. The summed E-state index contributed by atoms with van der Waals surface area (Å²) in [6.45, 7) is 6.90. The van der Waals surface area contributed by atoms with E-state index in [1.54, 1.807) is 0 Å². The molecule has 20 heavy (non-hydrogen) atoms. The van der Waals surface area contributed by atoms with Crippen LogP contribution in [0, 0.1) is 5.41 Å². The molecule has 1 fully saturated rings. The van der Waals surface area contributed by atoms with Crippen LogP contribution in [0.1, 0.15) is 27.7 Å². The van der Waals surface area contributed by atoms with Crippen LogP contribution in [-0.4, -0.2) is 59.6 Å². The monoisotopic (exact) mass is 286 g/mol. The molecule has 1 atom stereocenters. The molecule has 0 aromatic heterocycles. The van der Waals surface area contributed by atoms with Crippen molar-refractivity contribution < 1.29 is 24.2 Å². The summed E-state index contributed by atoms with van der Waals surface area (Å²) in [7, 11) is 0. The third-order valence-electron chi connectivity index (χ3n) is 3.19. The van der Waals surface area contributed by atoms with Crippen molar-refractivity contribution in [2.45, 2.75) is 39.8 Å².